The van der Waals surface area contributed by atoms with E-state index < -0.39 is 0 Å². The van der Waals surface area contributed by atoms with Gasteiger partial charge in [0, 0.05) is 28.2 Å². The number of fused-ring (bicyclic) bond motifs is 3. The van der Waals surface area contributed by atoms with Crippen molar-refractivity contribution < 1.29 is 5.11 Å². The Morgan fingerprint density at radius 1 is 0.857 bits per heavy atom. The lowest BCUT2D eigenvalue weighted by Crippen LogP contribution is -1.97. The van der Waals surface area contributed by atoms with Gasteiger partial charge in [0.25, 0.3) is 0 Å². The molecule has 0 aliphatic rings. The molecule has 0 radical (unpaired) electrons. The van der Waals surface area contributed by atoms with Gasteiger partial charge in [0.15, 0.2) is 0 Å². The monoisotopic (exact) mass is 345 g/mol. The van der Waals surface area contributed by atoms with Crippen molar-refractivity contribution in [3.05, 3.63) is 42.5 Å². The Hall–Kier alpha value is -1.48. The molecule has 0 aliphatic heterocycles. The summed E-state index contributed by atoms with van der Waals surface area (Å²) in [6.45, 7) is 1.01. The number of aryl methyl sites for hydroxylation is 1. The average Bonchev–Trinajstić information content (AvgIpc) is 2.83. The van der Waals surface area contributed by atoms with Gasteiger partial charge < -0.3 is 9.67 Å². The van der Waals surface area contributed by atoms with Crippen LogP contribution in [-0.2, 0) is 6.54 Å². The number of benzene rings is 2. The molecule has 0 aliphatic carbocycles. The number of phenolic OH excluding ortho intramolecular Hbond substituents is 1. The van der Waals surface area contributed by atoms with Crippen LogP contribution in [0.25, 0.3) is 21.8 Å². The van der Waals surface area contributed by atoms with Crippen molar-refractivity contribution in [1.29, 1.82) is 0 Å². The highest BCUT2D eigenvalue weighted by Crippen LogP contribution is 2.35. The second-order valence-electron chi connectivity index (χ2n) is 5.44. The fraction of sp³-hybridized carbons (Fsp3) is 0.333. The van der Waals surface area contributed by atoms with E-state index in [1.54, 1.807) is 6.07 Å². The van der Waals surface area contributed by atoms with Gasteiger partial charge in [-0.3, -0.25) is 0 Å². The summed E-state index contributed by atoms with van der Waals surface area (Å²) < 4.78 is 2.35. The second kappa shape index (κ2) is 6.52. The predicted octanol–water partition coefficient (Wildman–Crippen LogP) is 5.46. The Balaban J connectivity index is 1.97. The molecule has 0 amide bonds. The summed E-state index contributed by atoms with van der Waals surface area (Å²) in [4.78, 5) is 0. The number of phenols is 1. The predicted molar refractivity (Wildman–Crippen MR) is 93.4 cm³/mol. The first kappa shape index (κ1) is 14.5. The van der Waals surface area contributed by atoms with E-state index in [4.69, 9.17) is 0 Å². The lowest BCUT2D eigenvalue weighted by molar-refractivity contribution is 0.482. The average molecular weight is 346 g/mol. The number of rotatable bonds is 6. The summed E-state index contributed by atoms with van der Waals surface area (Å²) in [6.07, 6.45) is 4.94. The fourth-order valence-corrected chi connectivity index (χ4v) is 3.43. The number of hydrogen-bond acceptors (Lipinski definition) is 1. The number of aromatic hydroxyl groups is 1. The van der Waals surface area contributed by atoms with Gasteiger partial charge in [-0.15, -0.1) is 0 Å². The van der Waals surface area contributed by atoms with E-state index in [1.807, 2.05) is 12.1 Å². The molecule has 1 heterocycles. The first-order valence-corrected chi connectivity index (χ1v) is 8.70. The summed E-state index contributed by atoms with van der Waals surface area (Å²) in [6, 6.07) is 14.2. The number of halogens is 1. The van der Waals surface area contributed by atoms with E-state index in [-0.39, 0.29) is 0 Å². The van der Waals surface area contributed by atoms with Crippen molar-refractivity contribution in [2.24, 2.45) is 0 Å². The summed E-state index contributed by atoms with van der Waals surface area (Å²) >= 11 is 3.48. The molecule has 21 heavy (non-hydrogen) atoms. The second-order valence-corrected chi connectivity index (χ2v) is 6.24. The molecule has 2 nitrogen and oxygen atoms in total. The van der Waals surface area contributed by atoms with Gasteiger partial charge in [-0.25, -0.2) is 0 Å². The fourth-order valence-electron chi connectivity index (χ4n) is 3.04. The van der Waals surface area contributed by atoms with Crippen LogP contribution < -0.4 is 0 Å². The molecule has 2 aromatic carbocycles. The van der Waals surface area contributed by atoms with Crippen molar-refractivity contribution in [3.8, 4) is 5.75 Å². The molecule has 3 rings (SSSR count). The van der Waals surface area contributed by atoms with Crippen LogP contribution in [0.5, 0.6) is 5.75 Å². The third kappa shape index (κ3) is 2.80. The van der Waals surface area contributed by atoms with Crippen LogP contribution in [-0.4, -0.2) is 15.0 Å². The van der Waals surface area contributed by atoms with Crippen molar-refractivity contribution in [1.82, 2.24) is 4.57 Å². The molecule has 3 heteroatoms. The number of alkyl halides is 1. The smallest absolute Gasteiger partial charge is 0.125 e. The van der Waals surface area contributed by atoms with E-state index in [1.165, 1.54) is 31.2 Å². The number of nitrogens with zero attached hydrogens (tertiary/aromatic N) is 1. The minimum absolute atomic E-state index is 0.377. The van der Waals surface area contributed by atoms with Crippen molar-refractivity contribution in [3.63, 3.8) is 0 Å². The van der Waals surface area contributed by atoms with Gasteiger partial charge >= 0.3 is 0 Å². The van der Waals surface area contributed by atoms with Crippen LogP contribution in [0, 0.1) is 0 Å². The zero-order chi connectivity index (χ0) is 14.7. The summed E-state index contributed by atoms with van der Waals surface area (Å²) in [5.41, 5.74) is 2.35. The number of hydrogen-bond donors (Lipinski definition) is 1. The van der Waals surface area contributed by atoms with E-state index in [0.717, 1.165) is 28.2 Å². The normalized spacial score (nSPS) is 11.5. The van der Waals surface area contributed by atoms with Gasteiger partial charge in [0.2, 0.25) is 0 Å². The molecular formula is C18H20BrNO. The van der Waals surface area contributed by atoms with Crippen LogP contribution in [0.3, 0.4) is 0 Å². The highest BCUT2D eigenvalue weighted by Gasteiger charge is 2.12. The molecule has 1 N–H and O–H groups in total. The maximum Gasteiger partial charge on any atom is 0.125 e. The largest absolute Gasteiger partial charge is 0.507 e. The number of aromatic nitrogens is 1. The molecule has 0 unspecified atom stereocenters. The Kier molecular flexibility index (Phi) is 4.49. The molecule has 0 spiro atoms. The van der Waals surface area contributed by atoms with Gasteiger partial charge in [-0.05, 0) is 31.0 Å². The first-order valence-electron chi connectivity index (χ1n) is 7.58. The Bertz CT molecular complexity index is 747. The van der Waals surface area contributed by atoms with Crippen LogP contribution >= 0.6 is 15.9 Å². The van der Waals surface area contributed by atoms with Crippen LogP contribution in [0.1, 0.15) is 25.7 Å². The topological polar surface area (TPSA) is 25.2 Å². The van der Waals surface area contributed by atoms with Gasteiger partial charge in [-0.2, -0.15) is 0 Å². The minimum Gasteiger partial charge on any atom is -0.507 e. The minimum atomic E-state index is 0.377. The lowest BCUT2D eigenvalue weighted by Gasteiger charge is -2.07. The summed E-state index contributed by atoms with van der Waals surface area (Å²) in [5.74, 6) is 0.377. The zero-order valence-electron chi connectivity index (χ0n) is 12.1. The molecular weight excluding hydrogens is 326 g/mol. The van der Waals surface area contributed by atoms with Crippen LogP contribution in [0.15, 0.2) is 42.5 Å². The number of para-hydroxylation sites is 1. The molecule has 1 aromatic heterocycles. The van der Waals surface area contributed by atoms with E-state index in [9.17, 15) is 5.11 Å². The molecule has 110 valence electrons. The third-order valence-corrected chi connectivity index (χ3v) is 4.60. The zero-order valence-corrected chi connectivity index (χ0v) is 13.6. The molecule has 3 aromatic rings. The van der Waals surface area contributed by atoms with Gasteiger partial charge in [0.05, 0.1) is 5.52 Å². The van der Waals surface area contributed by atoms with Gasteiger partial charge in [-0.1, -0.05) is 53.0 Å². The quantitative estimate of drug-likeness (QED) is 0.466. The van der Waals surface area contributed by atoms with E-state index >= 15 is 0 Å². The van der Waals surface area contributed by atoms with Gasteiger partial charge in [0.1, 0.15) is 5.75 Å². The lowest BCUT2D eigenvalue weighted by atomic mass is 10.1. The molecule has 0 fully saturated rings. The van der Waals surface area contributed by atoms with Crippen molar-refractivity contribution in [2.45, 2.75) is 32.2 Å². The highest BCUT2D eigenvalue weighted by molar-refractivity contribution is 9.09. The standard InChI is InChI=1S/C18H20BrNO/c19-12-5-1-2-6-13-20-15-9-4-3-8-14(15)18-16(20)10-7-11-17(18)21/h3-4,7-11,21H,1-2,5-6,12-13H2. The summed E-state index contributed by atoms with van der Waals surface area (Å²) in [7, 11) is 0. The third-order valence-electron chi connectivity index (χ3n) is 4.04. The Morgan fingerprint density at radius 3 is 2.48 bits per heavy atom. The maximum atomic E-state index is 10.2. The SMILES string of the molecule is Oc1cccc2c1c1ccccc1n2CCCCCCBr. The molecule has 0 saturated carbocycles. The molecule has 0 saturated heterocycles. The maximum absolute atomic E-state index is 10.2. The summed E-state index contributed by atoms with van der Waals surface area (Å²) in [5, 5.41) is 13.4. The van der Waals surface area contributed by atoms with Crippen molar-refractivity contribution >= 4 is 37.7 Å². The van der Waals surface area contributed by atoms with Crippen LogP contribution in [0.2, 0.25) is 0 Å². The van der Waals surface area contributed by atoms with Crippen molar-refractivity contribution in [2.75, 3.05) is 5.33 Å². The van der Waals surface area contributed by atoms with E-state index in [0.29, 0.717) is 5.75 Å². The Labute approximate surface area is 133 Å². The first-order chi connectivity index (χ1) is 10.3. The Morgan fingerprint density at radius 2 is 1.62 bits per heavy atom. The van der Waals surface area contributed by atoms with E-state index in [2.05, 4.69) is 44.8 Å². The number of unbranched alkanes of at least 4 members (excludes halogenated alkanes) is 3. The highest BCUT2D eigenvalue weighted by atomic mass is 79.9. The van der Waals surface area contributed by atoms with Crippen LogP contribution in [0.4, 0.5) is 0 Å². The molecule has 0 atom stereocenters. The molecule has 0 bridgehead atoms.